The lowest BCUT2D eigenvalue weighted by Gasteiger charge is -2.57. The molecule has 8 aliphatic carbocycles. The molecule has 0 unspecified atom stereocenters. The third-order valence-electron chi connectivity index (χ3n) is 21.8. The van der Waals surface area contributed by atoms with E-state index in [0.717, 1.165) is 46.7 Å². The second kappa shape index (κ2) is 14.8. The number of anilines is 2. The number of aromatic nitrogens is 1. The molecule has 0 saturated heterocycles. The van der Waals surface area contributed by atoms with E-state index >= 15 is 0 Å². The highest BCUT2D eigenvalue weighted by molar-refractivity contribution is 6.93. The molecule has 0 N–H and O–H groups in total. The fourth-order valence-corrected chi connectivity index (χ4v) is 19.6. The average Bonchev–Trinajstić information content (AvgIpc) is 4.18. The van der Waals surface area contributed by atoms with Crippen molar-refractivity contribution in [2.75, 3.05) is 4.81 Å². The highest BCUT2D eigenvalue weighted by Crippen LogP contribution is 2.63. The molecule has 3 nitrogen and oxygen atoms in total. The first-order valence-electron chi connectivity index (χ1n) is 29.2. The van der Waals surface area contributed by atoms with Crippen molar-refractivity contribution in [2.45, 2.75) is 87.9 Å². The minimum absolute atomic E-state index is 0.0721. The van der Waals surface area contributed by atoms with E-state index in [1.807, 2.05) is 0 Å². The number of hydrogen-bond acceptors (Lipinski definition) is 2. The van der Waals surface area contributed by atoms with E-state index in [0.29, 0.717) is 5.41 Å². The maximum Gasteiger partial charge on any atom is 0.333 e. The van der Waals surface area contributed by atoms with Gasteiger partial charge in [0.25, 0.3) is 0 Å². The Morgan fingerprint density at radius 2 is 1.01 bits per heavy atom. The number of benzene rings is 9. The number of nitrogens with zero attached hydrogens (tertiary/aromatic N) is 2. The van der Waals surface area contributed by atoms with Gasteiger partial charge in [-0.3, -0.25) is 0 Å². The van der Waals surface area contributed by atoms with Crippen LogP contribution in [0.1, 0.15) is 88.2 Å². The van der Waals surface area contributed by atoms with Crippen molar-refractivity contribution in [3.8, 4) is 39.1 Å². The van der Waals surface area contributed by atoms with Crippen molar-refractivity contribution >= 4 is 83.7 Å². The number of furan rings is 1. The summed E-state index contributed by atoms with van der Waals surface area (Å²) in [7, 11) is 0. The Morgan fingerprint density at radius 1 is 0.434 bits per heavy atom. The van der Waals surface area contributed by atoms with Gasteiger partial charge >= 0.3 is 6.85 Å². The molecular weight excluding hydrogens is 920 g/mol. The Hall–Kier alpha value is -7.30. The minimum atomic E-state index is -0.0721. The molecule has 8 bridgehead atoms. The molecular formula is C72H59BN2O. The zero-order valence-electron chi connectivity index (χ0n) is 43.1. The lowest BCUT2D eigenvalue weighted by molar-refractivity contribution is -0.00526. The third kappa shape index (κ3) is 5.65. The summed E-state index contributed by atoms with van der Waals surface area (Å²) in [6.45, 7) is -0.0721. The molecule has 0 radical (unpaired) electrons. The van der Waals surface area contributed by atoms with Crippen molar-refractivity contribution in [1.29, 1.82) is 0 Å². The number of fused-ring (bicyclic) bond motifs is 12. The van der Waals surface area contributed by atoms with E-state index in [-0.39, 0.29) is 12.3 Å². The summed E-state index contributed by atoms with van der Waals surface area (Å²) in [5.41, 5.74) is 22.7. The van der Waals surface area contributed by atoms with Gasteiger partial charge in [0, 0.05) is 44.2 Å². The summed E-state index contributed by atoms with van der Waals surface area (Å²) in [5, 5.41) is 7.76. The predicted molar refractivity (Wildman–Crippen MR) is 315 cm³/mol. The Morgan fingerprint density at radius 3 is 1.67 bits per heavy atom. The molecule has 76 heavy (non-hydrogen) atoms. The zero-order valence-corrected chi connectivity index (χ0v) is 43.1. The Bertz CT molecular complexity index is 4240. The molecule has 0 spiro atoms. The molecule has 8 saturated carbocycles. The second-order valence-corrected chi connectivity index (χ2v) is 26.1. The maximum absolute atomic E-state index is 7.02. The van der Waals surface area contributed by atoms with Gasteiger partial charge in [0.05, 0.1) is 11.0 Å². The fourth-order valence-electron chi connectivity index (χ4n) is 19.6. The van der Waals surface area contributed by atoms with Gasteiger partial charge in [-0.15, -0.1) is 0 Å². The standard InChI is InChI=1S/C72H59BN2O/c1-3-9-48(10-4-1)50-15-18-56(19-16-50)75-63-21-22-65-68(59-29-51-13-7-8-14-52(51)32-66(59)76-65)67(63)60-30-53(49-11-5-2-6-12-49)31-64-69(60)73(75)61-35-55(72-39-45-26-46(40-72)28-47(27-45)41-72)34-58-57-33-54(17-20-62(57)74(64)70(58)61)71-36-42-23-43(37-71)25-44(24-42)38-71/h1-22,29-35,42-47H,23-28,36-41H2. The summed E-state index contributed by atoms with van der Waals surface area (Å²) in [5.74, 6) is 5.27. The molecule has 8 fully saturated rings. The SMILES string of the molecule is c1ccc(-c2ccc(N3B4c5c(cc(-c6ccccc6)cc5-n5c6ccc(C78CC9CC(CC(C9)C7)C8)cc6c6cc(C78CC9CC(CC(C9)C7)C8)cc4c65)-c4c3ccc3oc5cc6ccccc6cc5c43)cc2)cc1. The molecule has 0 atom stereocenters. The minimum Gasteiger partial charge on any atom is -0.456 e. The summed E-state index contributed by atoms with van der Waals surface area (Å²) in [4.78, 5) is 2.78. The van der Waals surface area contributed by atoms with Crippen LogP contribution in [0.3, 0.4) is 0 Å². The first-order valence-corrected chi connectivity index (χ1v) is 29.2. The van der Waals surface area contributed by atoms with Crippen molar-refractivity contribution in [2.24, 2.45) is 35.5 Å². The molecule has 21 rings (SSSR count). The van der Waals surface area contributed by atoms with Crippen LogP contribution < -0.4 is 15.7 Å². The van der Waals surface area contributed by atoms with Crippen molar-refractivity contribution < 1.29 is 4.42 Å². The van der Waals surface area contributed by atoms with Crippen LogP contribution in [-0.4, -0.2) is 11.4 Å². The van der Waals surface area contributed by atoms with Crippen molar-refractivity contribution in [3.63, 3.8) is 0 Å². The molecule has 366 valence electrons. The van der Waals surface area contributed by atoms with Crippen LogP contribution in [0, 0.1) is 35.5 Å². The van der Waals surface area contributed by atoms with Crippen LogP contribution in [0.2, 0.25) is 0 Å². The first-order chi connectivity index (χ1) is 37.5. The smallest absolute Gasteiger partial charge is 0.333 e. The lowest BCUT2D eigenvalue weighted by atomic mass is 9.42. The number of rotatable bonds is 5. The third-order valence-corrected chi connectivity index (χ3v) is 21.8. The van der Waals surface area contributed by atoms with E-state index in [1.165, 1.54) is 182 Å². The van der Waals surface area contributed by atoms with Crippen molar-refractivity contribution in [1.82, 2.24) is 4.57 Å². The summed E-state index contributed by atoms with van der Waals surface area (Å²) < 4.78 is 9.79. The topological polar surface area (TPSA) is 21.3 Å². The van der Waals surface area contributed by atoms with Gasteiger partial charge in [0.15, 0.2) is 0 Å². The normalized spacial score (nSPS) is 27.2. The molecule has 2 aliphatic heterocycles. The fraction of sp³-hybridized carbons (Fsp3) is 0.278. The van der Waals surface area contributed by atoms with Gasteiger partial charge in [-0.1, -0.05) is 109 Å². The van der Waals surface area contributed by atoms with Crippen LogP contribution in [0.4, 0.5) is 11.4 Å². The first kappa shape index (κ1) is 41.9. The predicted octanol–water partition coefficient (Wildman–Crippen LogP) is 17.3. The Labute approximate surface area is 444 Å². The van der Waals surface area contributed by atoms with E-state index in [9.17, 15) is 0 Å². The van der Waals surface area contributed by atoms with E-state index in [1.54, 1.807) is 11.1 Å². The highest BCUT2D eigenvalue weighted by atomic mass is 16.3. The largest absolute Gasteiger partial charge is 0.456 e. The monoisotopic (exact) mass is 978 g/mol. The van der Waals surface area contributed by atoms with Gasteiger partial charge in [-0.2, -0.15) is 0 Å². The summed E-state index contributed by atoms with van der Waals surface area (Å²) in [6, 6.07) is 68.6. The van der Waals surface area contributed by atoms with E-state index in [2.05, 4.69) is 185 Å². The molecule has 0 amide bonds. The maximum atomic E-state index is 7.02. The van der Waals surface area contributed by atoms with Gasteiger partial charge < -0.3 is 13.8 Å². The molecule has 10 aliphatic rings. The molecule has 9 aromatic carbocycles. The lowest BCUT2D eigenvalue weighted by Crippen LogP contribution is -2.61. The molecule has 11 aromatic rings. The van der Waals surface area contributed by atoms with Crippen LogP contribution in [0.15, 0.2) is 180 Å². The van der Waals surface area contributed by atoms with E-state index < -0.39 is 0 Å². The van der Waals surface area contributed by atoms with E-state index in [4.69, 9.17) is 4.42 Å². The van der Waals surface area contributed by atoms with Crippen molar-refractivity contribution in [3.05, 3.63) is 187 Å². The van der Waals surface area contributed by atoms with Gasteiger partial charge in [-0.05, 0) is 251 Å². The summed E-state index contributed by atoms with van der Waals surface area (Å²) >= 11 is 0. The Kier molecular flexibility index (Phi) is 8.15. The zero-order chi connectivity index (χ0) is 49.2. The number of hydrogen-bond donors (Lipinski definition) is 0. The van der Waals surface area contributed by atoms with Crippen LogP contribution in [0.25, 0.3) is 93.6 Å². The highest BCUT2D eigenvalue weighted by Gasteiger charge is 2.54. The van der Waals surface area contributed by atoms with Crippen LogP contribution >= 0.6 is 0 Å². The molecule has 4 heteroatoms. The molecule has 4 heterocycles. The summed E-state index contributed by atoms with van der Waals surface area (Å²) in [6.07, 6.45) is 16.9. The quantitative estimate of drug-likeness (QED) is 0.160. The Balaban J connectivity index is 0.947. The van der Waals surface area contributed by atoms with Gasteiger partial charge in [0.2, 0.25) is 0 Å². The van der Waals surface area contributed by atoms with Crippen LogP contribution in [-0.2, 0) is 10.8 Å². The second-order valence-electron chi connectivity index (χ2n) is 26.1. The van der Waals surface area contributed by atoms with Crippen LogP contribution in [0.5, 0.6) is 0 Å². The molecule has 2 aromatic heterocycles. The van der Waals surface area contributed by atoms with Gasteiger partial charge in [-0.25, -0.2) is 0 Å². The van der Waals surface area contributed by atoms with Gasteiger partial charge in [0.1, 0.15) is 11.2 Å². The average molecular weight is 979 g/mol.